The fourth-order valence-electron chi connectivity index (χ4n) is 1.98. The van der Waals surface area contributed by atoms with Gasteiger partial charge in [-0.15, -0.1) is 0 Å². The summed E-state index contributed by atoms with van der Waals surface area (Å²) in [6.07, 6.45) is 3.19. The molecule has 13 heavy (non-hydrogen) atoms. The molecule has 2 nitrogen and oxygen atoms in total. The standard InChI is InChI=1S/C11H10N2/c1-2-4-10-8(3-1)9-5-6-12-7-11(9)13-10/h1-4,7,13H,5-6H2/p+1. The normalized spacial score (nSPS) is 14.8. The Bertz CT molecular complexity index is 480. The van der Waals surface area contributed by atoms with Crippen molar-refractivity contribution in [2.24, 2.45) is 0 Å². The molecule has 1 aromatic heterocycles. The van der Waals surface area contributed by atoms with E-state index in [9.17, 15) is 0 Å². The maximum absolute atomic E-state index is 3.40. The molecule has 0 fully saturated rings. The monoisotopic (exact) mass is 171 g/mol. The largest absolute Gasteiger partial charge is 0.350 e. The minimum Gasteiger partial charge on any atom is -0.350 e. The number of hydrogen-bond donors (Lipinski definition) is 2. The Kier molecular flexibility index (Phi) is 1.30. The van der Waals surface area contributed by atoms with Crippen LogP contribution in [0.15, 0.2) is 24.3 Å². The van der Waals surface area contributed by atoms with Crippen molar-refractivity contribution in [1.29, 1.82) is 0 Å². The van der Waals surface area contributed by atoms with E-state index in [-0.39, 0.29) is 0 Å². The third-order valence-electron chi connectivity index (χ3n) is 2.61. The van der Waals surface area contributed by atoms with Crippen LogP contribution >= 0.6 is 0 Å². The maximum atomic E-state index is 3.40. The SMILES string of the molecule is C1=[NH+]CCc2c1[nH]c1ccccc21. The number of para-hydroxylation sites is 1. The molecule has 2 heteroatoms. The van der Waals surface area contributed by atoms with E-state index in [0.717, 1.165) is 13.0 Å². The summed E-state index contributed by atoms with van der Waals surface area (Å²) in [7, 11) is 0. The summed E-state index contributed by atoms with van der Waals surface area (Å²) >= 11 is 0. The first kappa shape index (κ1) is 6.89. The van der Waals surface area contributed by atoms with Gasteiger partial charge >= 0.3 is 0 Å². The van der Waals surface area contributed by atoms with Crippen molar-refractivity contribution in [3.05, 3.63) is 35.5 Å². The number of benzene rings is 1. The Labute approximate surface area is 76.3 Å². The highest BCUT2D eigenvalue weighted by atomic mass is 14.8. The molecule has 0 amide bonds. The second-order valence-corrected chi connectivity index (χ2v) is 3.41. The summed E-state index contributed by atoms with van der Waals surface area (Å²) < 4.78 is 0. The second kappa shape index (κ2) is 2.46. The van der Waals surface area contributed by atoms with Crippen LogP contribution in [0.3, 0.4) is 0 Å². The van der Waals surface area contributed by atoms with Crippen LogP contribution in [0.4, 0.5) is 0 Å². The minimum atomic E-state index is 1.05. The van der Waals surface area contributed by atoms with Crippen molar-refractivity contribution in [3.63, 3.8) is 0 Å². The van der Waals surface area contributed by atoms with Crippen LogP contribution in [0.1, 0.15) is 11.3 Å². The van der Waals surface area contributed by atoms with Crippen LogP contribution in [-0.4, -0.2) is 17.7 Å². The van der Waals surface area contributed by atoms with Crippen molar-refractivity contribution >= 4 is 17.1 Å². The van der Waals surface area contributed by atoms with Crippen molar-refractivity contribution in [2.45, 2.75) is 6.42 Å². The van der Waals surface area contributed by atoms with Gasteiger partial charge in [-0.1, -0.05) is 18.2 Å². The van der Waals surface area contributed by atoms with Gasteiger partial charge in [0.1, 0.15) is 12.2 Å². The molecular formula is C11H11N2+. The van der Waals surface area contributed by atoms with E-state index in [0.29, 0.717) is 0 Å². The van der Waals surface area contributed by atoms with Gasteiger partial charge in [0, 0.05) is 17.3 Å². The highest BCUT2D eigenvalue weighted by Crippen LogP contribution is 2.21. The average Bonchev–Trinajstić information content (AvgIpc) is 2.56. The number of rotatable bonds is 0. The molecule has 0 radical (unpaired) electrons. The van der Waals surface area contributed by atoms with E-state index < -0.39 is 0 Å². The Morgan fingerprint density at radius 2 is 2.15 bits per heavy atom. The van der Waals surface area contributed by atoms with E-state index in [1.807, 2.05) is 0 Å². The minimum absolute atomic E-state index is 1.05. The fraction of sp³-hybridized carbons (Fsp3) is 0.182. The lowest BCUT2D eigenvalue weighted by atomic mass is 10.1. The van der Waals surface area contributed by atoms with Gasteiger partial charge < -0.3 is 4.98 Å². The topological polar surface area (TPSA) is 29.8 Å². The smallest absolute Gasteiger partial charge is 0.185 e. The summed E-state index contributed by atoms with van der Waals surface area (Å²) in [5.41, 5.74) is 3.94. The molecule has 0 unspecified atom stereocenters. The molecule has 0 saturated heterocycles. The van der Waals surface area contributed by atoms with Crippen molar-refractivity contribution in [3.8, 4) is 0 Å². The van der Waals surface area contributed by atoms with Crippen LogP contribution in [0.5, 0.6) is 0 Å². The number of aromatic nitrogens is 1. The number of fused-ring (bicyclic) bond motifs is 3. The third-order valence-corrected chi connectivity index (χ3v) is 2.61. The summed E-state index contributed by atoms with van der Waals surface area (Å²) in [5.74, 6) is 0. The van der Waals surface area contributed by atoms with Gasteiger partial charge in [0.2, 0.25) is 0 Å². The molecule has 1 aliphatic rings. The summed E-state index contributed by atoms with van der Waals surface area (Å²) in [4.78, 5) is 6.64. The zero-order valence-electron chi connectivity index (χ0n) is 7.30. The number of nitrogens with one attached hydrogen (secondary N) is 2. The molecule has 2 N–H and O–H groups in total. The summed E-state index contributed by atoms with van der Waals surface area (Å²) in [6, 6.07) is 8.47. The zero-order valence-corrected chi connectivity index (χ0v) is 7.30. The predicted octanol–water partition coefficient (Wildman–Crippen LogP) is 0.223. The van der Waals surface area contributed by atoms with E-state index >= 15 is 0 Å². The first-order valence-corrected chi connectivity index (χ1v) is 4.61. The Morgan fingerprint density at radius 3 is 3.15 bits per heavy atom. The lowest BCUT2D eigenvalue weighted by Crippen LogP contribution is -2.71. The predicted molar refractivity (Wildman–Crippen MR) is 53.0 cm³/mol. The zero-order chi connectivity index (χ0) is 8.67. The lowest BCUT2D eigenvalue weighted by Gasteiger charge is -1.98. The molecule has 1 aromatic carbocycles. The van der Waals surface area contributed by atoms with Gasteiger partial charge in [-0.25, -0.2) is 4.99 Å². The van der Waals surface area contributed by atoms with Crippen molar-refractivity contribution in [1.82, 2.24) is 4.98 Å². The molecule has 0 saturated carbocycles. The summed E-state index contributed by atoms with van der Waals surface area (Å²) in [5, 5.41) is 1.37. The van der Waals surface area contributed by atoms with Crippen LogP contribution in [0.25, 0.3) is 10.9 Å². The molecule has 2 heterocycles. The highest BCUT2D eigenvalue weighted by Gasteiger charge is 2.14. The Morgan fingerprint density at radius 1 is 1.23 bits per heavy atom. The molecule has 3 rings (SSSR count). The molecular weight excluding hydrogens is 160 g/mol. The molecule has 0 spiro atoms. The lowest BCUT2D eigenvalue weighted by molar-refractivity contribution is -0.452. The van der Waals surface area contributed by atoms with Gasteiger partial charge in [0.25, 0.3) is 0 Å². The van der Waals surface area contributed by atoms with Crippen LogP contribution in [-0.2, 0) is 6.42 Å². The molecule has 0 atom stereocenters. The molecule has 64 valence electrons. The van der Waals surface area contributed by atoms with Gasteiger partial charge in [-0.2, -0.15) is 0 Å². The summed E-state index contributed by atoms with van der Waals surface area (Å²) in [6.45, 7) is 1.05. The van der Waals surface area contributed by atoms with Gasteiger partial charge in [0.05, 0.1) is 0 Å². The first-order valence-electron chi connectivity index (χ1n) is 4.61. The van der Waals surface area contributed by atoms with Gasteiger partial charge in [0.15, 0.2) is 6.21 Å². The second-order valence-electron chi connectivity index (χ2n) is 3.41. The molecule has 0 bridgehead atoms. The third kappa shape index (κ3) is 0.917. The first-order chi connectivity index (χ1) is 6.45. The number of aromatic amines is 1. The molecule has 1 aliphatic heterocycles. The van der Waals surface area contributed by atoms with Gasteiger partial charge in [-0.05, 0) is 11.6 Å². The molecule has 0 aliphatic carbocycles. The van der Waals surface area contributed by atoms with Gasteiger partial charge in [-0.3, -0.25) is 0 Å². The highest BCUT2D eigenvalue weighted by molar-refractivity contribution is 5.92. The maximum Gasteiger partial charge on any atom is 0.185 e. The van der Waals surface area contributed by atoms with Crippen LogP contribution < -0.4 is 4.99 Å². The van der Waals surface area contributed by atoms with E-state index in [1.54, 1.807) is 0 Å². The van der Waals surface area contributed by atoms with Crippen LogP contribution in [0, 0.1) is 0 Å². The quantitative estimate of drug-likeness (QED) is 0.568. The number of H-pyrrole nitrogens is 1. The fourth-order valence-corrected chi connectivity index (χ4v) is 1.98. The molecule has 2 aromatic rings. The van der Waals surface area contributed by atoms with Crippen LogP contribution in [0.2, 0.25) is 0 Å². The van der Waals surface area contributed by atoms with E-state index in [2.05, 4.69) is 40.5 Å². The number of hydrogen-bond acceptors (Lipinski definition) is 0. The van der Waals surface area contributed by atoms with Crippen molar-refractivity contribution in [2.75, 3.05) is 6.54 Å². The average molecular weight is 171 g/mol. The van der Waals surface area contributed by atoms with Crippen molar-refractivity contribution < 1.29 is 4.99 Å². The van der Waals surface area contributed by atoms with E-state index in [1.165, 1.54) is 22.2 Å². The Hall–Kier alpha value is -1.57. The van der Waals surface area contributed by atoms with E-state index in [4.69, 9.17) is 0 Å². The Balaban J connectivity index is 2.41.